The van der Waals surface area contributed by atoms with Crippen LogP contribution >= 0.6 is 11.8 Å². The van der Waals surface area contributed by atoms with E-state index in [0.29, 0.717) is 25.3 Å². The van der Waals surface area contributed by atoms with Crippen LogP contribution in [-0.2, 0) is 14.4 Å². The summed E-state index contributed by atoms with van der Waals surface area (Å²) >= 11 is 1.54. The number of aliphatic carboxylic acids is 1. The highest BCUT2D eigenvalue weighted by Gasteiger charge is 2.35. The third-order valence-corrected chi connectivity index (χ3v) is 4.49. The minimum Gasteiger partial charge on any atom is -0.480 e. The molecular weight excluding hydrogens is 318 g/mol. The van der Waals surface area contributed by atoms with Gasteiger partial charge in [0, 0.05) is 19.5 Å². The molecule has 0 spiro atoms. The van der Waals surface area contributed by atoms with Gasteiger partial charge >= 0.3 is 5.97 Å². The summed E-state index contributed by atoms with van der Waals surface area (Å²) in [6.07, 6.45) is 3.30. The smallest absolute Gasteiger partial charge is 0.326 e. The number of carbonyl (C=O) groups is 3. The Balaban J connectivity index is 2.47. The van der Waals surface area contributed by atoms with Crippen LogP contribution < -0.4 is 5.32 Å². The van der Waals surface area contributed by atoms with E-state index in [9.17, 15) is 14.4 Å². The first-order chi connectivity index (χ1) is 10.8. The van der Waals surface area contributed by atoms with Gasteiger partial charge in [-0.05, 0) is 45.5 Å². The minimum absolute atomic E-state index is 0.0279. The average molecular weight is 345 g/mol. The summed E-state index contributed by atoms with van der Waals surface area (Å²) in [5.74, 6) is -1.17. The zero-order valence-electron chi connectivity index (χ0n) is 14.1. The number of likely N-dealkylation sites (tertiary alicyclic amines) is 1. The lowest BCUT2D eigenvalue weighted by atomic mass is 10.1. The number of carbonyl (C=O) groups excluding carboxylic acids is 2. The van der Waals surface area contributed by atoms with E-state index in [-0.39, 0.29) is 18.2 Å². The summed E-state index contributed by atoms with van der Waals surface area (Å²) in [4.78, 5) is 39.1. The molecule has 0 aliphatic carbocycles. The first-order valence-corrected chi connectivity index (χ1v) is 9.19. The summed E-state index contributed by atoms with van der Waals surface area (Å²) in [7, 11) is 3.95. The van der Waals surface area contributed by atoms with Crippen LogP contribution in [0.3, 0.4) is 0 Å². The third-order valence-electron chi connectivity index (χ3n) is 3.84. The van der Waals surface area contributed by atoms with E-state index in [2.05, 4.69) is 5.32 Å². The summed E-state index contributed by atoms with van der Waals surface area (Å²) in [6, 6.07) is -0.882. The van der Waals surface area contributed by atoms with Crippen LogP contribution in [0.2, 0.25) is 0 Å². The lowest BCUT2D eigenvalue weighted by Crippen LogP contribution is -2.44. The van der Waals surface area contributed by atoms with Crippen LogP contribution in [0.5, 0.6) is 0 Å². The predicted octanol–water partition coefficient (Wildman–Crippen LogP) is 0.109. The van der Waals surface area contributed by atoms with Crippen LogP contribution in [-0.4, -0.2) is 84.5 Å². The van der Waals surface area contributed by atoms with Gasteiger partial charge in [-0.1, -0.05) is 0 Å². The fraction of sp³-hybridized carbons (Fsp3) is 0.800. The molecule has 1 aliphatic heterocycles. The summed E-state index contributed by atoms with van der Waals surface area (Å²) in [5, 5.41) is 11.7. The van der Waals surface area contributed by atoms with Crippen LogP contribution in [0, 0.1) is 5.92 Å². The van der Waals surface area contributed by atoms with Crippen molar-refractivity contribution in [1.82, 2.24) is 15.1 Å². The maximum absolute atomic E-state index is 12.2. The molecule has 7 nitrogen and oxygen atoms in total. The van der Waals surface area contributed by atoms with E-state index in [1.54, 1.807) is 4.90 Å². The van der Waals surface area contributed by atoms with Crippen molar-refractivity contribution in [1.29, 1.82) is 0 Å². The van der Waals surface area contributed by atoms with Gasteiger partial charge in [0.15, 0.2) is 0 Å². The topological polar surface area (TPSA) is 90.0 Å². The molecule has 1 fully saturated rings. The first kappa shape index (κ1) is 19.8. The number of hydrogen-bond donors (Lipinski definition) is 2. The molecule has 2 N–H and O–H groups in total. The fourth-order valence-electron chi connectivity index (χ4n) is 2.52. The number of rotatable bonds is 10. The second-order valence-corrected chi connectivity index (χ2v) is 7.06. The van der Waals surface area contributed by atoms with E-state index >= 15 is 0 Å². The molecule has 0 radical (unpaired) electrons. The maximum Gasteiger partial charge on any atom is 0.326 e. The van der Waals surface area contributed by atoms with E-state index in [0.717, 1.165) is 13.0 Å². The highest BCUT2D eigenvalue weighted by atomic mass is 32.2. The summed E-state index contributed by atoms with van der Waals surface area (Å²) in [5.41, 5.74) is 0. The van der Waals surface area contributed by atoms with Gasteiger partial charge in [0.1, 0.15) is 6.04 Å². The van der Waals surface area contributed by atoms with Gasteiger partial charge in [-0.2, -0.15) is 11.8 Å². The van der Waals surface area contributed by atoms with Gasteiger partial charge in [-0.3, -0.25) is 9.59 Å². The molecule has 0 aromatic heterocycles. The van der Waals surface area contributed by atoms with Gasteiger partial charge in [0.05, 0.1) is 5.92 Å². The molecule has 1 rings (SSSR count). The van der Waals surface area contributed by atoms with Crippen molar-refractivity contribution in [3.05, 3.63) is 0 Å². The molecule has 0 saturated carbocycles. The van der Waals surface area contributed by atoms with Crippen molar-refractivity contribution in [3.63, 3.8) is 0 Å². The summed E-state index contributed by atoms with van der Waals surface area (Å²) < 4.78 is 0. The second-order valence-electron chi connectivity index (χ2n) is 6.08. The van der Waals surface area contributed by atoms with Gasteiger partial charge in [0.2, 0.25) is 11.8 Å². The molecule has 0 aromatic rings. The van der Waals surface area contributed by atoms with Crippen LogP contribution in [0.1, 0.15) is 19.3 Å². The molecule has 1 aliphatic rings. The molecule has 2 atom stereocenters. The number of nitrogens with one attached hydrogen (secondary N) is 1. The Morgan fingerprint density at radius 2 is 2.17 bits per heavy atom. The van der Waals surface area contributed by atoms with Crippen molar-refractivity contribution < 1.29 is 19.5 Å². The lowest BCUT2D eigenvalue weighted by Gasteiger charge is -2.19. The Morgan fingerprint density at radius 1 is 1.48 bits per heavy atom. The quantitative estimate of drug-likeness (QED) is 0.584. The zero-order valence-corrected chi connectivity index (χ0v) is 14.9. The van der Waals surface area contributed by atoms with E-state index in [4.69, 9.17) is 5.11 Å². The summed E-state index contributed by atoms with van der Waals surface area (Å²) in [6.45, 7) is 1.90. The monoisotopic (exact) mass is 345 g/mol. The van der Waals surface area contributed by atoms with Gasteiger partial charge in [0.25, 0.3) is 0 Å². The largest absolute Gasteiger partial charge is 0.480 e. The van der Waals surface area contributed by atoms with Gasteiger partial charge in [-0.25, -0.2) is 4.79 Å². The Bertz CT molecular complexity index is 431. The highest BCUT2D eigenvalue weighted by molar-refractivity contribution is 7.98. The van der Waals surface area contributed by atoms with E-state index < -0.39 is 17.9 Å². The first-order valence-electron chi connectivity index (χ1n) is 7.79. The number of thioether (sulfide) groups is 1. The van der Waals surface area contributed by atoms with E-state index in [1.807, 2.05) is 25.3 Å². The predicted molar refractivity (Wildman–Crippen MR) is 90.4 cm³/mol. The standard InChI is InChI=1S/C15H27N3O4S/c1-17(2)6-4-7-18-10-11(9-13(18)19)14(20)16-12(15(21)22)5-8-23-3/h11-12H,4-10H2,1-3H3,(H,16,20)(H,21,22). The molecule has 2 unspecified atom stereocenters. The lowest BCUT2D eigenvalue weighted by molar-refractivity contribution is -0.142. The molecule has 0 aromatic carbocycles. The normalized spacial score (nSPS) is 19.2. The number of carboxylic acid groups (broad SMARTS) is 1. The Labute approximate surface area is 141 Å². The van der Waals surface area contributed by atoms with Crippen molar-refractivity contribution in [2.45, 2.75) is 25.3 Å². The Hall–Kier alpha value is -1.28. The zero-order chi connectivity index (χ0) is 17.4. The average Bonchev–Trinajstić information content (AvgIpc) is 2.84. The maximum atomic E-state index is 12.2. The molecule has 0 bridgehead atoms. The van der Waals surface area contributed by atoms with Crippen LogP contribution in [0.25, 0.3) is 0 Å². The third kappa shape index (κ3) is 6.78. The molecule has 8 heteroatoms. The highest BCUT2D eigenvalue weighted by Crippen LogP contribution is 2.18. The molecule has 2 amide bonds. The number of carboxylic acids is 1. The van der Waals surface area contributed by atoms with Gasteiger partial charge < -0.3 is 20.2 Å². The van der Waals surface area contributed by atoms with Crippen LogP contribution in [0.15, 0.2) is 0 Å². The molecule has 1 heterocycles. The molecular formula is C15H27N3O4S. The van der Waals surface area contributed by atoms with E-state index in [1.165, 1.54) is 11.8 Å². The number of amides is 2. The van der Waals surface area contributed by atoms with Gasteiger partial charge in [-0.15, -0.1) is 0 Å². The van der Waals surface area contributed by atoms with Crippen LogP contribution in [0.4, 0.5) is 0 Å². The SMILES string of the molecule is CSCCC(NC(=O)C1CC(=O)N(CCCN(C)C)C1)C(=O)O. The van der Waals surface area contributed by atoms with Crippen molar-refractivity contribution >= 4 is 29.5 Å². The molecule has 1 saturated heterocycles. The fourth-order valence-corrected chi connectivity index (χ4v) is 3.00. The number of nitrogens with zero attached hydrogens (tertiary/aromatic N) is 2. The molecule has 132 valence electrons. The van der Waals surface area contributed by atoms with Crippen molar-refractivity contribution in [3.8, 4) is 0 Å². The van der Waals surface area contributed by atoms with Crippen molar-refractivity contribution in [2.75, 3.05) is 45.7 Å². The second kappa shape index (κ2) is 9.77. The minimum atomic E-state index is -1.03. The molecule has 23 heavy (non-hydrogen) atoms. The van der Waals surface area contributed by atoms with Crippen molar-refractivity contribution in [2.24, 2.45) is 5.92 Å². The Morgan fingerprint density at radius 3 is 2.74 bits per heavy atom. The number of hydrogen-bond acceptors (Lipinski definition) is 5. The Kier molecular flexibility index (Phi) is 8.40.